The average molecular weight is 446 g/mol. The first-order chi connectivity index (χ1) is 16.1. The average Bonchev–Trinajstić information content (AvgIpc) is 3.59. The van der Waals surface area contributed by atoms with Gasteiger partial charge in [0.25, 0.3) is 5.91 Å². The Hall–Kier alpha value is -4.14. The van der Waals surface area contributed by atoms with E-state index in [-0.39, 0.29) is 30.9 Å². The summed E-state index contributed by atoms with van der Waals surface area (Å²) in [5, 5.41) is 8.09. The number of ether oxygens (including phenoxy) is 2. The van der Waals surface area contributed by atoms with Crippen LogP contribution in [-0.4, -0.2) is 39.9 Å². The van der Waals surface area contributed by atoms with E-state index in [2.05, 4.69) is 15.3 Å². The monoisotopic (exact) mass is 446 g/mol. The first-order valence-corrected chi connectivity index (χ1v) is 10.6. The molecular weight excluding hydrogens is 424 g/mol. The van der Waals surface area contributed by atoms with Crippen molar-refractivity contribution in [3.05, 3.63) is 77.5 Å². The van der Waals surface area contributed by atoms with Crippen molar-refractivity contribution in [2.75, 3.05) is 13.8 Å². The Balaban J connectivity index is 1.22. The van der Waals surface area contributed by atoms with Crippen molar-refractivity contribution >= 4 is 5.91 Å². The predicted molar refractivity (Wildman–Crippen MR) is 117 cm³/mol. The van der Waals surface area contributed by atoms with E-state index in [0.717, 1.165) is 29.0 Å². The van der Waals surface area contributed by atoms with Crippen LogP contribution in [-0.2, 0) is 13.0 Å². The van der Waals surface area contributed by atoms with Gasteiger partial charge in [-0.05, 0) is 24.1 Å². The van der Waals surface area contributed by atoms with Crippen molar-refractivity contribution in [2.45, 2.75) is 25.8 Å². The van der Waals surface area contributed by atoms with Crippen molar-refractivity contribution in [2.24, 2.45) is 0 Å². The second-order valence-corrected chi connectivity index (χ2v) is 7.95. The summed E-state index contributed by atoms with van der Waals surface area (Å²) >= 11 is 0. The van der Waals surface area contributed by atoms with E-state index in [1.807, 2.05) is 55.5 Å². The molecule has 5 rings (SSSR count). The number of aromatic nitrogens is 3. The summed E-state index contributed by atoms with van der Waals surface area (Å²) in [5.41, 5.74) is 2.64. The third kappa shape index (κ3) is 4.43. The van der Waals surface area contributed by atoms with Crippen molar-refractivity contribution in [3.8, 4) is 22.9 Å². The largest absolute Gasteiger partial charge is 0.454 e. The molecule has 168 valence electrons. The summed E-state index contributed by atoms with van der Waals surface area (Å²) < 4.78 is 21.4. The molecule has 2 aromatic carbocycles. The van der Waals surface area contributed by atoms with Crippen LogP contribution in [0.25, 0.3) is 11.4 Å². The molecule has 33 heavy (non-hydrogen) atoms. The van der Waals surface area contributed by atoms with Gasteiger partial charge in [-0.1, -0.05) is 53.6 Å². The van der Waals surface area contributed by atoms with Gasteiger partial charge in [-0.2, -0.15) is 4.98 Å². The Kier molecular flexibility index (Phi) is 5.52. The second-order valence-electron chi connectivity index (χ2n) is 7.95. The Morgan fingerprint density at radius 3 is 2.70 bits per heavy atom. The number of hydrogen-bond donors (Lipinski definition) is 0. The van der Waals surface area contributed by atoms with E-state index in [0.29, 0.717) is 17.4 Å². The molecular formula is C24H22N4O5. The minimum atomic E-state index is -0.316. The molecule has 0 radical (unpaired) electrons. The highest BCUT2D eigenvalue weighted by atomic mass is 16.7. The van der Waals surface area contributed by atoms with Crippen LogP contribution in [0.2, 0.25) is 0 Å². The van der Waals surface area contributed by atoms with Gasteiger partial charge in [0.15, 0.2) is 11.5 Å². The van der Waals surface area contributed by atoms with Crippen LogP contribution in [0.3, 0.4) is 0 Å². The maximum atomic E-state index is 12.8. The predicted octanol–water partition coefficient (Wildman–Crippen LogP) is 4.07. The summed E-state index contributed by atoms with van der Waals surface area (Å²) in [6, 6.07) is 17.0. The van der Waals surface area contributed by atoms with Crippen LogP contribution in [0, 0.1) is 0 Å². The summed E-state index contributed by atoms with van der Waals surface area (Å²) in [5.74, 6) is 2.20. The second kappa shape index (κ2) is 8.78. The van der Waals surface area contributed by atoms with Crippen LogP contribution < -0.4 is 9.47 Å². The lowest BCUT2D eigenvalue weighted by Crippen LogP contribution is -2.26. The van der Waals surface area contributed by atoms with E-state index in [9.17, 15) is 4.79 Å². The summed E-state index contributed by atoms with van der Waals surface area (Å²) in [7, 11) is 1.65. The molecule has 0 saturated heterocycles. The number of amides is 1. The van der Waals surface area contributed by atoms with Gasteiger partial charge >= 0.3 is 0 Å². The number of nitrogens with zero attached hydrogens (tertiary/aromatic N) is 4. The molecule has 0 fully saturated rings. The minimum absolute atomic E-state index is 0.0466. The van der Waals surface area contributed by atoms with Gasteiger partial charge in [-0.25, -0.2) is 0 Å². The highest BCUT2D eigenvalue weighted by Gasteiger charge is 2.22. The van der Waals surface area contributed by atoms with Gasteiger partial charge in [0, 0.05) is 24.6 Å². The zero-order chi connectivity index (χ0) is 22.8. The van der Waals surface area contributed by atoms with Crippen LogP contribution in [0.5, 0.6) is 11.5 Å². The molecule has 0 bridgehead atoms. The van der Waals surface area contributed by atoms with Crippen LogP contribution in [0.15, 0.2) is 63.6 Å². The Bertz CT molecular complexity index is 1270. The molecule has 0 N–H and O–H groups in total. The molecule has 1 amide bonds. The third-order valence-corrected chi connectivity index (χ3v) is 5.44. The Labute approximate surface area is 189 Å². The lowest BCUT2D eigenvalue weighted by Gasteiger charge is -2.12. The van der Waals surface area contributed by atoms with E-state index in [1.165, 1.54) is 4.90 Å². The van der Waals surface area contributed by atoms with Gasteiger partial charge in [0.1, 0.15) is 6.54 Å². The normalized spacial score (nSPS) is 13.2. The highest BCUT2D eigenvalue weighted by molar-refractivity contribution is 5.91. The molecule has 3 heterocycles. The Morgan fingerprint density at radius 1 is 1.03 bits per heavy atom. The molecule has 2 aromatic heterocycles. The third-order valence-electron chi connectivity index (χ3n) is 5.44. The summed E-state index contributed by atoms with van der Waals surface area (Å²) in [6.07, 6.45) is 0.719. The smallest absolute Gasteiger partial charge is 0.292 e. The van der Waals surface area contributed by atoms with E-state index in [4.69, 9.17) is 18.5 Å². The molecule has 1 atom stereocenters. The van der Waals surface area contributed by atoms with Gasteiger partial charge in [0.2, 0.25) is 24.3 Å². The van der Waals surface area contributed by atoms with Crippen LogP contribution in [0.1, 0.15) is 40.5 Å². The van der Waals surface area contributed by atoms with E-state index < -0.39 is 0 Å². The standard InChI is InChI=1S/C24H22N4O5/c1-15(10-16-8-9-19-20(11-16)31-14-30-19)18-12-21(32-26-18)24(29)28(2)13-22-25-23(27-33-22)17-6-4-3-5-7-17/h3-9,11-12,15H,10,13-14H2,1-2H3. The van der Waals surface area contributed by atoms with Crippen molar-refractivity contribution in [3.63, 3.8) is 0 Å². The van der Waals surface area contributed by atoms with Crippen molar-refractivity contribution in [1.82, 2.24) is 20.2 Å². The molecule has 0 spiro atoms. The van der Waals surface area contributed by atoms with Crippen molar-refractivity contribution in [1.29, 1.82) is 0 Å². The SMILES string of the molecule is CC(Cc1ccc2c(c1)OCO2)c1cc(C(=O)N(C)Cc2nc(-c3ccccc3)no2)on1. The number of rotatable bonds is 7. The van der Waals surface area contributed by atoms with E-state index >= 15 is 0 Å². The lowest BCUT2D eigenvalue weighted by atomic mass is 9.97. The quantitative estimate of drug-likeness (QED) is 0.418. The zero-order valence-corrected chi connectivity index (χ0v) is 18.2. The first kappa shape index (κ1) is 20.7. The Morgan fingerprint density at radius 2 is 1.85 bits per heavy atom. The number of fused-ring (bicyclic) bond motifs is 1. The van der Waals surface area contributed by atoms with Gasteiger partial charge in [-0.15, -0.1) is 0 Å². The lowest BCUT2D eigenvalue weighted by molar-refractivity contribution is 0.0728. The van der Waals surface area contributed by atoms with Crippen LogP contribution in [0.4, 0.5) is 0 Å². The number of carbonyl (C=O) groups is 1. The van der Waals surface area contributed by atoms with E-state index in [1.54, 1.807) is 13.1 Å². The number of carbonyl (C=O) groups excluding carboxylic acids is 1. The molecule has 1 aliphatic rings. The molecule has 0 aliphatic carbocycles. The zero-order valence-electron chi connectivity index (χ0n) is 18.2. The summed E-state index contributed by atoms with van der Waals surface area (Å²) in [6.45, 7) is 2.43. The highest BCUT2D eigenvalue weighted by Crippen LogP contribution is 2.34. The fourth-order valence-electron chi connectivity index (χ4n) is 3.63. The van der Waals surface area contributed by atoms with Gasteiger partial charge in [0.05, 0.1) is 5.69 Å². The number of benzene rings is 2. The number of hydrogen-bond acceptors (Lipinski definition) is 8. The fourth-order valence-corrected chi connectivity index (χ4v) is 3.63. The first-order valence-electron chi connectivity index (χ1n) is 10.6. The molecule has 1 aliphatic heterocycles. The fraction of sp³-hybridized carbons (Fsp3) is 0.250. The minimum Gasteiger partial charge on any atom is -0.454 e. The molecule has 0 saturated carbocycles. The molecule has 9 nitrogen and oxygen atoms in total. The van der Waals surface area contributed by atoms with Crippen LogP contribution >= 0.6 is 0 Å². The molecule has 1 unspecified atom stereocenters. The summed E-state index contributed by atoms with van der Waals surface area (Å²) in [4.78, 5) is 18.6. The molecule has 9 heteroatoms. The topological polar surface area (TPSA) is 104 Å². The van der Waals surface area contributed by atoms with Gasteiger partial charge in [-0.3, -0.25) is 4.79 Å². The maximum Gasteiger partial charge on any atom is 0.292 e. The van der Waals surface area contributed by atoms with Crippen molar-refractivity contribution < 1.29 is 23.3 Å². The maximum absolute atomic E-state index is 12.8. The molecule has 4 aromatic rings. The van der Waals surface area contributed by atoms with Gasteiger partial charge < -0.3 is 23.4 Å².